The van der Waals surface area contributed by atoms with Crippen molar-refractivity contribution in [3.63, 3.8) is 0 Å². The maximum atomic E-state index is 14.6. The van der Waals surface area contributed by atoms with Crippen LogP contribution in [0.1, 0.15) is 38.8 Å². The number of likely N-dealkylation sites (tertiary alicyclic amines) is 1. The SMILES string of the molecule is CC(C)CCC(=O)N1CCC(F)(C#Cc2ccccn2)C1. The number of hydrogen-bond donors (Lipinski definition) is 0. The summed E-state index contributed by atoms with van der Waals surface area (Å²) in [5.41, 5.74) is -1.05. The maximum Gasteiger partial charge on any atom is 0.222 e. The summed E-state index contributed by atoms with van der Waals surface area (Å²) in [4.78, 5) is 17.7. The summed E-state index contributed by atoms with van der Waals surface area (Å²) >= 11 is 0. The van der Waals surface area contributed by atoms with Crippen LogP contribution >= 0.6 is 0 Å². The Morgan fingerprint density at radius 3 is 3.00 bits per heavy atom. The maximum absolute atomic E-state index is 14.6. The topological polar surface area (TPSA) is 33.2 Å². The number of halogens is 1. The number of pyridine rings is 1. The molecule has 1 amide bonds. The fraction of sp³-hybridized carbons (Fsp3) is 0.529. The first kappa shape index (κ1) is 15.5. The van der Waals surface area contributed by atoms with Crippen molar-refractivity contribution in [3.8, 4) is 11.8 Å². The van der Waals surface area contributed by atoms with E-state index >= 15 is 0 Å². The fourth-order valence-corrected chi connectivity index (χ4v) is 2.27. The lowest BCUT2D eigenvalue weighted by molar-refractivity contribution is -0.130. The first-order chi connectivity index (χ1) is 9.98. The van der Waals surface area contributed by atoms with E-state index in [4.69, 9.17) is 0 Å². The van der Waals surface area contributed by atoms with Gasteiger partial charge in [0, 0.05) is 25.6 Å². The number of carbonyl (C=O) groups excluding carboxylic acids is 1. The molecule has 1 atom stereocenters. The molecule has 1 aromatic rings. The van der Waals surface area contributed by atoms with Crippen molar-refractivity contribution in [1.29, 1.82) is 0 Å². The molecule has 3 nitrogen and oxygen atoms in total. The summed E-state index contributed by atoms with van der Waals surface area (Å²) in [6.07, 6.45) is 3.24. The predicted octanol–water partition coefficient (Wildman–Crippen LogP) is 2.81. The van der Waals surface area contributed by atoms with Gasteiger partial charge >= 0.3 is 0 Å². The van der Waals surface area contributed by atoms with Gasteiger partial charge < -0.3 is 4.90 Å². The van der Waals surface area contributed by atoms with E-state index in [-0.39, 0.29) is 18.9 Å². The van der Waals surface area contributed by atoms with Crippen LogP contribution in [0.5, 0.6) is 0 Å². The molecule has 2 heterocycles. The minimum Gasteiger partial charge on any atom is -0.338 e. The monoisotopic (exact) mass is 288 g/mol. The Balaban J connectivity index is 1.94. The van der Waals surface area contributed by atoms with Crippen molar-refractivity contribution in [1.82, 2.24) is 9.88 Å². The Hall–Kier alpha value is -1.89. The fourth-order valence-electron chi connectivity index (χ4n) is 2.27. The molecule has 4 heteroatoms. The van der Waals surface area contributed by atoms with Crippen LogP contribution < -0.4 is 0 Å². The highest BCUT2D eigenvalue weighted by molar-refractivity contribution is 5.76. The van der Waals surface area contributed by atoms with Crippen LogP contribution in [0.2, 0.25) is 0 Å². The molecule has 1 aliphatic rings. The molecule has 0 aromatic carbocycles. The third kappa shape index (κ3) is 4.56. The number of carbonyl (C=O) groups is 1. The van der Waals surface area contributed by atoms with Crippen molar-refractivity contribution < 1.29 is 9.18 Å². The minimum atomic E-state index is -1.61. The quantitative estimate of drug-likeness (QED) is 0.801. The van der Waals surface area contributed by atoms with Gasteiger partial charge in [0.2, 0.25) is 5.91 Å². The van der Waals surface area contributed by atoms with Gasteiger partial charge in [0.25, 0.3) is 0 Å². The van der Waals surface area contributed by atoms with Gasteiger partial charge in [0.1, 0.15) is 5.69 Å². The molecule has 0 spiro atoms. The van der Waals surface area contributed by atoms with Gasteiger partial charge in [-0.3, -0.25) is 4.79 Å². The molecule has 1 aromatic heterocycles. The molecule has 0 saturated carbocycles. The zero-order valence-electron chi connectivity index (χ0n) is 12.6. The van der Waals surface area contributed by atoms with Gasteiger partial charge in [0.15, 0.2) is 5.67 Å². The molecule has 1 fully saturated rings. The minimum absolute atomic E-state index is 0.0304. The molecule has 112 valence electrons. The number of hydrogen-bond acceptors (Lipinski definition) is 2. The van der Waals surface area contributed by atoms with Gasteiger partial charge in [-0.05, 0) is 30.4 Å². The summed E-state index contributed by atoms with van der Waals surface area (Å²) in [6, 6.07) is 5.36. The van der Waals surface area contributed by atoms with Crippen molar-refractivity contribution in [3.05, 3.63) is 30.1 Å². The highest BCUT2D eigenvalue weighted by Crippen LogP contribution is 2.26. The van der Waals surface area contributed by atoms with E-state index in [0.717, 1.165) is 6.42 Å². The number of alkyl halides is 1. The van der Waals surface area contributed by atoms with Crippen LogP contribution in [-0.4, -0.2) is 34.5 Å². The molecule has 0 N–H and O–H groups in total. The van der Waals surface area contributed by atoms with Crippen molar-refractivity contribution in [2.24, 2.45) is 5.92 Å². The van der Waals surface area contributed by atoms with E-state index in [1.165, 1.54) is 0 Å². The molecule has 0 radical (unpaired) electrons. The molecule has 0 aliphatic carbocycles. The zero-order valence-corrected chi connectivity index (χ0v) is 12.6. The van der Waals surface area contributed by atoms with Gasteiger partial charge in [-0.25, -0.2) is 9.37 Å². The third-order valence-corrected chi connectivity index (χ3v) is 3.59. The number of amides is 1. The second-order valence-corrected chi connectivity index (χ2v) is 5.93. The standard InChI is InChI=1S/C17H21FN2O/c1-14(2)6-7-16(21)20-12-10-17(18,13-20)9-8-15-5-3-4-11-19-15/h3-5,11,14H,6-7,10,12-13H2,1-2H3. The zero-order chi connectivity index (χ0) is 15.3. The smallest absolute Gasteiger partial charge is 0.222 e. The summed E-state index contributed by atoms with van der Waals surface area (Å²) in [5.74, 6) is 5.93. The van der Waals surface area contributed by atoms with E-state index in [0.29, 0.717) is 24.6 Å². The Labute approximate surface area is 125 Å². The summed E-state index contributed by atoms with van der Waals surface area (Å²) < 4.78 is 14.6. The van der Waals surface area contributed by atoms with Crippen LogP contribution in [-0.2, 0) is 4.79 Å². The lowest BCUT2D eigenvalue weighted by atomic mass is 10.1. The average molecular weight is 288 g/mol. The van der Waals surface area contributed by atoms with Crippen molar-refractivity contribution in [2.75, 3.05) is 13.1 Å². The summed E-state index contributed by atoms with van der Waals surface area (Å²) in [5, 5.41) is 0. The van der Waals surface area contributed by atoms with Gasteiger partial charge in [-0.2, -0.15) is 0 Å². The molecule has 21 heavy (non-hydrogen) atoms. The Bertz CT molecular complexity index is 547. The largest absolute Gasteiger partial charge is 0.338 e. The van der Waals surface area contributed by atoms with E-state index in [9.17, 15) is 9.18 Å². The van der Waals surface area contributed by atoms with Gasteiger partial charge in [-0.15, -0.1) is 0 Å². The molecule has 0 bridgehead atoms. The summed E-state index contributed by atoms with van der Waals surface area (Å²) in [7, 11) is 0. The summed E-state index contributed by atoms with van der Waals surface area (Å²) in [6.45, 7) is 4.68. The van der Waals surface area contributed by atoms with Gasteiger partial charge in [-0.1, -0.05) is 25.8 Å². The molecule has 1 aliphatic heterocycles. The molecule has 1 saturated heterocycles. The lowest BCUT2D eigenvalue weighted by Crippen LogP contribution is -2.32. The van der Waals surface area contributed by atoms with Crippen LogP contribution in [0.3, 0.4) is 0 Å². The Morgan fingerprint density at radius 1 is 1.52 bits per heavy atom. The van der Waals surface area contributed by atoms with Crippen LogP contribution in [0.4, 0.5) is 4.39 Å². The highest BCUT2D eigenvalue weighted by Gasteiger charge is 2.38. The van der Waals surface area contributed by atoms with Gasteiger partial charge in [0.05, 0.1) is 6.54 Å². The average Bonchev–Trinajstić information content (AvgIpc) is 2.87. The van der Waals surface area contributed by atoms with Crippen LogP contribution in [0, 0.1) is 17.8 Å². The number of nitrogens with zero attached hydrogens (tertiary/aromatic N) is 2. The Morgan fingerprint density at radius 2 is 2.33 bits per heavy atom. The molecular weight excluding hydrogens is 267 g/mol. The van der Waals surface area contributed by atoms with Crippen LogP contribution in [0.15, 0.2) is 24.4 Å². The van der Waals surface area contributed by atoms with E-state index < -0.39 is 5.67 Å². The lowest BCUT2D eigenvalue weighted by Gasteiger charge is -2.17. The van der Waals surface area contributed by atoms with Crippen molar-refractivity contribution >= 4 is 5.91 Å². The molecule has 1 unspecified atom stereocenters. The highest BCUT2D eigenvalue weighted by atomic mass is 19.1. The van der Waals surface area contributed by atoms with E-state index in [1.54, 1.807) is 23.2 Å². The third-order valence-electron chi connectivity index (χ3n) is 3.59. The van der Waals surface area contributed by atoms with Crippen LogP contribution in [0.25, 0.3) is 0 Å². The van der Waals surface area contributed by atoms with E-state index in [2.05, 4.69) is 30.7 Å². The second-order valence-electron chi connectivity index (χ2n) is 5.93. The normalized spacial score (nSPS) is 21.2. The predicted molar refractivity (Wildman–Crippen MR) is 80.2 cm³/mol. The molecule has 2 rings (SSSR count). The van der Waals surface area contributed by atoms with E-state index in [1.807, 2.05) is 6.07 Å². The first-order valence-corrected chi connectivity index (χ1v) is 7.39. The first-order valence-electron chi connectivity index (χ1n) is 7.39. The molecular formula is C17H21FN2O. The second kappa shape index (κ2) is 6.71. The van der Waals surface area contributed by atoms with Crippen molar-refractivity contribution in [2.45, 2.75) is 38.8 Å². The number of aromatic nitrogens is 1. The number of rotatable bonds is 3. The Kier molecular flexibility index (Phi) is 4.95.